The highest BCUT2D eigenvalue weighted by Gasteiger charge is 2.33. The molecule has 0 unspecified atom stereocenters. The molecule has 10 heteroatoms. The van der Waals surface area contributed by atoms with Crippen molar-refractivity contribution < 1.29 is 18.0 Å². The number of ketones is 1. The van der Waals surface area contributed by atoms with Crippen LogP contribution >= 0.6 is 44.2 Å². The van der Waals surface area contributed by atoms with Crippen molar-refractivity contribution in [2.45, 2.75) is 25.9 Å². The lowest BCUT2D eigenvalue weighted by molar-refractivity contribution is -0.137. The first kappa shape index (κ1) is 21.3. The molecule has 142 valence electrons. The average molecular weight is 515 g/mol. The zero-order chi connectivity index (χ0) is 18.2. The molecule has 3 heterocycles. The molecule has 1 fully saturated rings. The maximum atomic E-state index is 13.1. The summed E-state index contributed by atoms with van der Waals surface area (Å²) in [7, 11) is 0. The van der Waals surface area contributed by atoms with Gasteiger partial charge in [0.25, 0.3) is 0 Å². The van der Waals surface area contributed by atoms with Crippen molar-refractivity contribution >= 4 is 55.7 Å². The van der Waals surface area contributed by atoms with E-state index in [1.165, 1.54) is 11.3 Å². The molecule has 0 amide bonds. The fraction of sp³-hybridized carbons (Fsp3) is 0.438. The third-order valence-electron chi connectivity index (χ3n) is 4.02. The number of alkyl halides is 4. The summed E-state index contributed by atoms with van der Waals surface area (Å²) < 4.78 is 39.3. The highest BCUT2D eigenvalue weighted by molar-refractivity contribution is 9.09. The SMILES string of the molecule is Br.Cc1nc(-c2ncc(C(F)(F)F)cc2N2CCCC2)sc1C(=O)CBr. The first-order valence-electron chi connectivity index (χ1n) is 7.70. The Morgan fingerprint density at radius 2 is 2.00 bits per heavy atom. The zero-order valence-electron chi connectivity index (χ0n) is 13.8. The summed E-state index contributed by atoms with van der Waals surface area (Å²) in [5, 5.41) is 0.645. The van der Waals surface area contributed by atoms with E-state index < -0.39 is 11.7 Å². The van der Waals surface area contributed by atoms with Gasteiger partial charge in [-0.2, -0.15) is 13.2 Å². The Bertz CT molecular complexity index is 805. The molecule has 3 rings (SSSR count). The second kappa shape index (κ2) is 8.35. The van der Waals surface area contributed by atoms with E-state index in [1.54, 1.807) is 6.92 Å². The van der Waals surface area contributed by atoms with E-state index in [2.05, 4.69) is 25.9 Å². The molecule has 0 aliphatic carbocycles. The Morgan fingerprint density at radius 1 is 1.35 bits per heavy atom. The van der Waals surface area contributed by atoms with Gasteiger partial charge in [-0.15, -0.1) is 28.3 Å². The quantitative estimate of drug-likeness (QED) is 0.411. The fourth-order valence-corrected chi connectivity index (χ4v) is 4.26. The maximum Gasteiger partial charge on any atom is 0.417 e. The van der Waals surface area contributed by atoms with Gasteiger partial charge in [-0.1, -0.05) is 15.9 Å². The number of carbonyl (C=O) groups excluding carboxylic acids is 1. The van der Waals surface area contributed by atoms with Crippen LogP contribution in [-0.2, 0) is 6.18 Å². The van der Waals surface area contributed by atoms with Crippen molar-refractivity contribution in [3.63, 3.8) is 0 Å². The Hall–Kier alpha value is -1.00. The van der Waals surface area contributed by atoms with Crippen LogP contribution in [0.1, 0.15) is 33.8 Å². The Kier molecular flexibility index (Phi) is 6.84. The van der Waals surface area contributed by atoms with E-state index in [0.29, 0.717) is 40.0 Å². The van der Waals surface area contributed by atoms with Crippen molar-refractivity contribution in [1.82, 2.24) is 9.97 Å². The highest BCUT2D eigenvalue weighted by Crippen LogP contribution is 2.39. The maximum absolute atomic E-state index is 13.1. The number of rotatable bonds is 4. The molecule has 0 bridgehead atoms. The molecule has 0 spiro atoms. The van der Waals surface area contributed by atoms with Crippen LogP contribution in [0.25, 0.3) is 10.7 Å². The van der Waals surface area contributed by atoms with Crippen LogP contribution in [0.4, 0.5) is 18.9 Å². The first-order valence-corrected chi connectivity index (χ1v) is 9.64. The normalized spacial score (nSPS) is 14.4. The lowest BCUT2D eigenvalue weighted by atomic mass is 10.2. The summed E-state index contributed by atoms with van der Waals surface area (Å²) in [6.45, 7) is 3.09. The van der Waals surface area contributed by atoms with Gasteiger partial charge in [0.1, 0.15) is 10.7 Å². The van der Waals surface area contributed by atoms with E-state index in [9.17, 15) is 18.0 Å². The van der Waals surface area contributed by atoms with Gasteiger partial charge in [-0.3, -0.25) is 9.78 Å². The second-order valence-electron chi connectivity index (χ2n) is 5.77. The van der Waals surface area contributed by atoms with Crippen molar-refractivity contribution in [3.05, 3.63) is 28.4 Å². The third kappa shape index (κ3) is 4.28. The third-order valence-corrected chi connectivity index (χ3v) is 5.73. The summed E-state index contributed by atoms with van der Waals surface area (Å²) in [5.41, 5.74) is 0.622. The number of nitrogens with zero attached hydrogens (tertiary/aromatic N) is 3. The van der Waals surface area contributed by atoms with Crippen LogP contribution in [-0.4, -0.2) is 34.2 Å². The molecule has 1 aliphatic heterocycles. The Balaban J connectivity index is 0.00000243. The average Bonchev–Trinajstić information content (AvgIpc) is 3.22. The van der Waals surface area contributed by atoms with Gasteiger partial charge in [-0.25, -0.2) is 4.98 Å². The lowest BCUT2D eigenvalue weighted by Crippen LogP contribution is -2.20. The van der Waals surface area contributed by atoms with Crippen molar-refractivity contribution in [2.24, 2.45) is 0 Å². The van der Waals surface area contributed by atoms with Crippen LogP contribution < -0.4 is 4.90 Å². The molecule has 0 radical (unpaired) electrons. The van der Waals surface area contributed by atoms with E-state index in [-0.39, 0.29) is 28.1 Å². The van der Waals surface area contributed by atoms with Crippen LogP contribution in [0.2, 0.25) is 0 Å². The summed E-state index contributed by atoms with van der Waals surface area (Å²) in [6.07, 6.45) is -1.76. The van der Waals surface area contributed by atoms with Crippen LogP contribution in [0.3, 0.4) is 0 Å². The summed E-state index contributed by atoms with van der Waals surface area (Å²) in [4.78, 5) is 22.8. The minimum Gasteiger partial charge on any atom is -0.370 e. The van der Waals surface area contributed by atoms with E-state index in [0.717, 1.165) is 25.1 Å². The minimum atomic E-state index is -4.45. The molecule has 0 N–H and O–H groups in total. The van der Waals surface area contributed by atoms with E-state index in [4.69, 9.17) is 0 Å². The van der Waals surface area contributed by atoms with E-state index >= 15 is 0 Å². The second-order valence-corrected chi connectivity index (χ2v) is 7.33. The number of aromatic nitrogens is 2. The molecule has 1 aliphatic rings. The summed E-state index contributed by atoms with van der Waals surface area (Å²) in [5.74, 6) is -0.101. The molecule has 26 heavy (non-hydrogen) atoms. The van der Waals surface area contributed by atoms with Crippen LogP contribution in [0.15, 0.2) is 12.3 Å². The molecule has 4 nitrogen and oxygen atoms in total. The van der Waals surface area contributed by atoms with Gasteiger partial charge < -0.3 is 4.90 Å². The molecule has 0 atom stereocenters. The standard InChI is InChI=1S/C16H15BrF3N3OS.BrH/c1-9-14(12(24)7-17)25-15(22-9)13-11(23-4-2-3-5-23)6-10(8-21-13)16(18,19)20;/h6,8H,2-5,7H2,1H3;1H. The fourth-order valence-electron chi connectivity index (χ4n) is 2.79. The van der Waals surface area contributed by atoms with E-state index in [1.807, 2.05) is 4.90 Å². The number of anilines is 1. The molecular weight excluding hydrogens is 499 g/mol. The van der Waals surface area contributed by atoms with Crippen molar-refractivity contribution in [3.8, 4) is 10.7 Å². The van der Waals surface area contributed by atoms with Gasteiger partial charge in [-0.05, 0) is 25.8 Å². The van der Waals surface area contributed by atoms with Crippen molar-refractivity contribution in [1.29, 1.82) is 0 Å². The topological polar surface area (TPSA) is 46.1 Å². The molecular formula is C16H16Br2F3N3OS. The predicted molar refractivity (Wildman–Crippen MR) is 105 cm³/mol. The number of thiazole rings is 1. The predicted octanol–water partition coefficient (Wildman–Crippen LogP) is 5.29. The van der Waals surface area contributed by atoms with Crippen LogP contribution in [0.5, 0.6) is 0 Å². The lowest BCUT2D eigenvalue weighted by Gasteiger charge is -2.21. The molecule has 2 aromatic rings. The van der Waals surface area contributed by atoms with Gasteiger partial charge in [0.2, 0.25) is 0 Å². The number of hydrogen-bond acceptors (Lipinski definition) is 5. The largest absolute Gasteiger partial charge is 0.417 e. The van der Waals surface area contributed by atoms with Gasteiger partial charge in [0, 0.05) is 19.3 Å². The molecule has 0 aromatic carbocycles. The number of aryl methyl sites for hydroxylation is 1. The van der Waals surface area contributed by atoms with Gasteiger partial charge in [0.15, 0.2) is 5.78 Å². The molecule has 2 aromatic heterocycles. The summed E-state index contributed by atoms with van der Waals surface area (Å²) >= 11 is 4.30. The molecule has 1 saturated heterocycles. The summed E-state index contributed by atoms with van der Waals surface area (Å²) in [6, 6.07) is 1.14. The first-order chi connectivity index (χ1) is 11.8. The minimum absolute atomic E-state index is 0. The Labute approximate surface area is 171 Å². The number of halogens is 5. The zero-order valence-corrected chi connectivity index (χ0v) is 17.9. The molecule has 0 saturated carbocycles. The Morgan fingerprint density at radius 3 is 2.58 bits per heavy atom. The van der Waals surface area contributed by atoms with Gasteiger partial charge in [0.05, 0.1) is 27.2 Å². The number of hydrogen-bond donors (Lipinski definition) is 0. The monoisotopic (exact) mass is 513 g/mol. The van der Waals surface area contributed by atoms with Crippen molar-refractivity contribution in [2.75, 3.05) is 23.3 Å². The highest BCUT2D eigenvalue weighted by atomic mass is 79.9. The smallest absolute Gasteiger partial charge is 0.370 e. The number of carbonyl (C=O) groups is 1. The number of pyridine rings is 1. The number of Topliss-reactive ketones (excluding diaryl/α,β-unsaturated/α-hetero) is 1. The van der Waals surface area contributed by atoms with Gasteiger partial charge >= 0.3 is 6.18 Å². The van der Waals surface area contributed by atoms with Crippen LogP contribution in [0, 0.1) is 6.92 Å².